The van der Waals surface area contributed by atoms with E-state index in [1.165, 1.54) is 0 Å². The van der Waals surface area contributed by atoms with Crippen molar-refractivity contribution in [3.05, 3.63) is 77.6 Å². The van der Waals surface area contributed by atoms with Gasteiger partial charge in [0.05, 0.1) is 12.8 Å². The number of aromatic nitrogens is 1. The van der Waals surface area contributed by atoms with Crippen molar-refractivity contribution >= 4 is 17.5 Å². The van der Waals surface area contributed by atoms with Gasteiger partial charge in [-0.3, -0.25) is 14.6 Å². The van der Waals surface area contributed by atoms with Crippen molar-refractivity contribution in [3.63, 3.8) is 0 Å². The molecule has 2 aromatic carbocycles. The molecule has 0 N–H and O–H groups in total. The minimum absolute atomic E-state index is 0.0427. The maximum atomic E-state index is 13.7. The smallest absolute Gasteiger partial charge is 0.254 e. The molecule has 7 heteroatoms. The third-order valence-corrected chi connectivity index (χ3v) is 7.50. The molecule has 212 valence electrons. The molecule has 0 saturated carbocycles. The van der Waals surface area contributed by atoms with E-state index < -0.39 is 0 Å². The van der Waals surface area contributed by atoms with Crippen LogP contribution in [-0.2, 0) is 5.41 Å². The fourth-order valence-electron chi connectivity index (χ4n) is 5.03. The van der Waals surface area contributed by atoms with E-state index in [0.29, 0.717) is 43.9 Å². The molecule has 0 atom stereocenters. The van der Waals surface area contributed by atoms with E-state index in [-0.39, 0.29) is 17.2 Å². The maximum absolute atomic E-state index is 13.7. The number of anilines is 1. The lowest BCUT2D eigenvalue weighted by Gasteiger charge is -2.36. The van der Waals surface area contributed by atoms with Crippen LogP contribution >= 0.6 is 0 Å². The summed E-state index contributed by atoms with van der Waals surface area (Å²) in [5.74, 6) is 0.820. The zero-order valence-corrected chi connectivity index (χ0v) is 24.7. The molecule has 0 radical (unpaired) electrons. The Morgan fingerprint density at radius 1 is 0.850 bits per heavy atom. The quantitative estimate of drug-likeness (QED) is 0.355. The van der Waals surface area contributed by atoms with Crippen LogP contribution in [-0.4, -0.2) is 72.5 Å². The molecule has 0 spiro atoms. The van der Waals surface area contributed by atoms with Gasteiger partial charge in [-0.2, -0.15) is 0 Å². The first kappa shape index (κ1) is 29.1. The first-order valence-corrected chi connectivity index (χ1v) is 14.3. The minimum Gasteiger partial charge on any atom is -0.492 e. The molecule has 0 bridgehead atoms. The standard InChI is InChI=1S/C33H42N4O3/c1-7-35(8-2)31(38)24-10-12-29(13-11-24)36-14-16-37(17-15-36)32(39)26-18-25(19-28(20-26)33(4,5)6)27-21-30(40-9-3)23-34-22-27/h10-13,18-23H,7-9,14-17H2,1-6H3. The van der Waals surface area contributed by atoms with Crippen molar-refractivity contribution in [1.29, 1.82) is 0 Å². The number of hydrogen-bond donors (Lipinski definition) is 0. The largest absolute Gasteiger partial charge is 0.492 e. The molecule has 1 aliphatic rings. The molecule has 1 saturated heterocycles. The van der Waals surface area contributed by atoms with E-state index in [4.69, 9.17) is 4.74 Å². The van der Waals surface area contributed by atoms with Gasteiger partial charge in [0.1, 0.15) is 5.75 Å². The number of hydrogen-bond acceptors (Lipinski definition) is 5. The van der Waals surface area contributed by atoms with E-state index in [2.05, 4.69) is 36.7 Å². The van der Waals surface area contributed by atoms with Crippen molar-refractivity contribution in [2.24, 2.45) is 0 Å². The second-order valence-corrected chi connectivity index (χ2v) is 11.2. The second-order valence-electron chi connectivity index (χ2n) is 11.2. The predicted octanol–water partition coefficient (Wildman–Crippen LogP) is 5.89. The zero-order valence-electron chi connectivity index (χ0n) is 24.7. The Kier molecular flexibility index (Phi) is 9.13. The normalized spacial score (nSPS) is 13.8. The third-order valence-electron chi connectivity index (χ3n) is 7.50. The number of carbonyl (C=O) groups is 2. The summed E-state index contributed by atoms with van der Waals surface area (Å²) in [6, 6.07) is 16.0. The topological polar surface area (TPSA) is 66.0 Å². The van der Waals surface area contributed by atoms with Crippen molar-refractivity contribution in [2.75, 3.05) is 50.8 Å². The summed E-state index contributed by atoms with van der Waals surface area (Å²) in [7, 11) is 0. The van der Waals surface area contributed by atoms with Crippen molar-refractivity contribution in [1.82, 2.24) is 14.8 Å². The Bertz CT molecular complexity index is 1320. The molecule has 0 unspecified atom stereocenters. The van der Waals surface area contributed by atoms with Gasteiger partial charge in [0.25, 0.3) is 11.8 Å². The van der Waals surface area contributed by atoms with Gasteiger partial charge in [-0.1, -0.05) is 26.8 Å². The Morgan fingerprint density at radius 2 is 1.52 bits per heavy atom. The lowest BCUT2D eigenvalue weighted by atomic mass is 9.84. The van der Waals surface area contributed by atoms with Crippen molar-refractivity contribution in [2.45, 2.75) is 47.0 Å². The zero-order chi connectivity index (χ0) is 28.9. The number of piperazine rings is 1. The van der Waals surface area contributed by atoms with Gasteiger partial charge in [-0.15, -0.1) is 0 Å². The van der Waals surface area contributed by atoms with Gasteiger partial charge >= 0.3 is 0 Å². The number of ether oxygens (including phenoxy) is 1. The molecule has 40 heavy (non-hydrogen) atoms. The Labute approximate surface area is 238 Å². The molecule has 1 aromatic heterocycles. The lowest BCUT2D eigenvalue weighted by molar-refractivity contribution is 0.0744. The van der Waals surface area contributed by atoms with Crippen LogP contribution in [0.15, 0.2) is 60.9 Å². The molecule has 0 aliphatic carbocycles. The highest BCUT2D eigenvalue weighted by Crippen LogP contribution is 2.31. The average Bonchev–Trinajstić information content (AvgIpc) is 2.97. The van der Waals surface area contributed by atoms with E-state index in [0.717, 1.165) is 41.2 Å². The number of amides is 2. The molecule has 2 heterocycles. The lowest BCUT2D eigenvalue weighted by Crippen LogP contribution is -2.48. The molecule has 4 rings (SSSR count). The highest BCUT2D eigenvalue weighted by molar-refractivity contribution is 5.96. The number of nitrogens with zero attached hydrogens (tertiary/aromatic N) is 4. The minimum atomic E-state index is -0.118. The fraction of sp³-hybridized carbons (Fsp3) is 0.424. The number of rotatable bonds is 8. The van der Waals surface area contributed by atoms with Crippen LogP contribution in [0, 0.1) is 0 Å². The van der Waals surface area contributed by atoms with Crippen LogP contribution in [0.25, 0.3) is 11.1 Å². The Balaban J connectivity index is 1.49. The summed E-state index contributed by atoms with van der Waals surface area (Å²) in [5.41, 5.74) is 5.35. The van der Waals surface area contributed by atoms with Gasteiger partial charge in [-0.05, 0) is 79.8 Å². The summed E-state index contributed by atoms with van der Waals surface area (Å²) >= 11 is 0. The van der Waals surface area contributed by atoms with Gasteiger partial charge in [0.15, 0.2) is 0 Å². The van der Waals surface area contributed by atoms with Gasteiger partial charge < -0.3 is 19.4 Å². The van der Waals surface area contributed by atoms with E-state index in [1.807, 2.05) is 79.2 Å². The van der Waals surface area contributed by atoms with Crippen LogP contribution in [0.3, 0.4) is 0 Å². The van der Waals surface area contributed by atoms with Crippen LogP contribution in [0.4, 0.5) is 5.69 Å². The van der Waals surface area contributed by atoms with Crippen LogP contribution in [0.2, 0.25) is 0 Å². The van der Waals surface area contributed by atoms with Gasteiger partial charge in [0.2, 0.25) is 0 Å². The third kappa shape index (κ3) is 6.64. The summed E-state index contributed by atoms with van der Waals surface area (Å²) in [6.45, 7) is 17.1. The SMILES string of the molecule is CCOc1cncc(-c2cc(C(=O)N3CCN(c4ccc(C(=O)N(CC)CC)cc4)CC3)cc(C(C)(C)C)c2)c1. The van der Waals surface area contributed by atoms with Gasteiger partial charge in [-0.25, -0.2) is 0 Å². The van der Waals surface area contributed by atoms with Crippen LogP contribution in [0.5, 0.6) is 5.75 Å². The van der Waals surface area contributed by atoms with Gasteiger partial charge in [0, 0.05) is 67.8 Å². The highest BCUT2D eigenvalue weighted by Gasteiger charge is 2.25. The van der Waals surface area contributed by atoms with E-state index >= 15 is 0 Å². The van der Waals surface area contributed by atoms with Crippen molar-refractivity contribution < 1.29 is 14.3 Å². The van der Waals surface area contributed by atoms with Crippen molar-refractivity contribution in [3.8, 4) is 16.9 Å². The Hall–Kier alpha value is -3.87. The predicted molar refractivity (Wildman–Crippen MR) is 161 cm³/mol. The van der Waals surface area contributed by atoms with Crippen LogP contribution < -0.4 is 9.64 Å². The molecular formula is C33H42N4O3. The first-order chi connectivity index (χ1) is 19.1. The summed E-state index contributed by atoms with van der Waals surface area (Å²) in [5, 5.41) is 0. The monoisotopic (exact) mass is 542 g/mol. The molecule has 1 aliphatic heterocycles. The number of pyridine rings is 1. The van der Waals surface area contributed by atoms with Crippen LogP contribution in [0.1, 0.15) is 67.8 Å². The summed E-state index contributed by atoms with van der Waals surface area (Å²) in [4.78, 5) is 36.8. The molecule has 1 fully saturated rings. The molecular weight excluding hydrogens is 500 g/mol. The average molecular weight is 543 g/mol. The fourth-order valence-corrected chi connectivity index (χ4v) is 5.03. The second kappa shape index (κ2) is 12.5. The Morgan fingerprint density at radius 3 is 2.12 bits per heavy atom. The molecule has 7 nitrogen and oxygen atoms in total. The molecule has 2 amide bonds. The maximum Gasteiger partial charge on any atom is 0.254 e. The summed E-state index contributed by atoms with van der Waals surface area (Å²) in [6.07, 6.45) is 3.53. The molecule has 3 aromatic rings. The van der Waals surface area contributed by atoms with E-state index in [9.17, 15) is 9.59 Å². The van der Waals surface area contributed by atoms with E-state index in [1.54, 1.807) is 6.20 Å². The highest BCUT2D eigenvalue weighted by atomic mass is 16.5. The number of carbonyl (C=O) groups excluding carboxylic acids is 2. The number of benzene rings is 2. The summed E-state index contributed by atoms with van der Waals surface area (Å²) < 4.78 is 5.66. The first-order valence-electron chi connectivity index (χ1n) is 14.3.